The highest BCUT2D eigenvalue weighted by Crippen LogP contribution is 2.05. The lowest BCUT2D eigenvalue weighted by Gasteiger charge is -2.00. The fraction of sp³-hybridized carbons (Fsp3) is 0.143. The van der Waals surface area contributed by atoms with E-state index in [-0.39, 0.29) is 5.95 Å². The molecule has 74 valence electrons. The third kappa shape index (κ3) is 3.36. The Morgan fingerprint density at radius 2 is 2.00 bits per heavy atom. The molecule has 0 aliphatic rings. The first-order chi connectivity index (χ1) is 6.58. The van der Waals surface area contributed by atoms with Gasteiger partial charge < -0.3 is 5.11 Å². The van der Waals surface area contributed by atoms with Gasteiger partial charge in [-0.15, -0.1) is 0 Å². The van der Waals surface area contributed by atoms with Crippen molar-refractivity contribution in [3.8, 4) is 0 Å². The Morgan fingerprint density at radius 1 is 1.43 bits per heavy atom. The van der Waals surface area contributed by atoms with Crippen molar-refractivity contribution in [1.29, 1.82) is 0 Å². The van der Waals surface area contributed by atoms with Crippen molar-refractivity contribution < 1.29 is 14.7 Å². The molecule has 7 heteroatoms. The fourth-order valence-electron chi connectivity index (χ4n) is 0.683. The summed E-state index contributed by atoms with van der Waals surface area (Å²) in [6.45, 7) is 0. The second-order valence-electron chi connectivity index (χ2n) is 2.34. The number of carboxylic acids is 1. The first kappa shape index (κ1) is 10.4. The first-order valence-electron chi connectivity index (χ1n) is 3.57. The summed E-state index contributed by atoms with van der Waals surface area (Å²) in [6, 6.07) is 0. The van der Waals surface area contributed by atoms with Gasteiger partial charge in [0.25, 0.3) is 0 Å². The van der Waals surface area contributed by atoms with Gasteiger partial charge in [0, 0.05) is 0 Å². The lowest BCUT2D eigenvalue weighted by molar-refractivity contribution is -0.139. The van der Waals surface area contributed by atoms with Gasteiger partial charge in [-0.25, -0.2) is 9.97 Å². The third-order valence-electron chi connectivity index (χ3n) is 1.18. The molecule has 6 nitrogen and oxygen atoms in total. The van der Waals surface area contributed by atoms with Gasteiger partial charge in [-0.05, 0) is 0 Å². The van der Waals surface area contributed by atoms with Gasteiger partial charge in [0.1, 0.15) is 6.42 Å². The minimum absolute atomic E-state index is 0.0284. The van der Waals surface area contributed by atoms with Gasteiger partial charge in [0.2, 0.25) is 11.9 Å². The standard InChI is InChI=1S/C7H6ClN3O3/c8-4-2-9-7(10-3-4)11-5(12)1-6(13)14/h2-3H,1H2,(H,13,14)(H,9,10,11,12). The van der Waals surface area contributed by atoms with Crippen molar-refractivity contribution in [2.45, 2.75) is 6.42 Å². The molecule has 0 aliphatic heterocycles. The monoisotopic (exact) mass is 215 g/mol. The van der Waals surface area contributed by atoms with E-state index in [9.17, 15) is 9.59 Å². The molecule has 0 aromatic carbocycles. The summed E-state index contributed by atoms with van der Waals surface area (Å²) >= 11 is 5.50. The van der Waals surface area contributed by atoms with Crippen molar-refractivity contribution in [3.05, 3.63) is 17.4 Å². The summed E-state index contributed by atoms with van der Waals surface area (Å²) in [4.78, 5) is 28.3. The first-order valence-corrected chi connectivity index (χ1v) is 3.95. The number of aromatic nitrogens is 2. The maximum atomic E-state index is 10.9. The van der Waals surface area contributed by atoms with E-state index in [2.05, 4.69) is 15.3 Å². The Bertz CT molecular complexity index is 352. The number of carboxylic acid groups (broad SMARTS) is 1. The van der Waals surface area contributed by atoms with E-state index in [0.717, 1.165) is 0 Å². The highest BCUT2D eigenvalue weighted by atomic mass is 35.5. The maximum Gasteiger partial charge on any atom is 0.312 e. The van der Waals surface area contributed by atoms with E-state index in [1.165, 1.54) is 12.4 Å². The van der Waals surface area contributed by atoms with Crippen molar-refractivity contribution in [2.24, 2.45) is 0 Å². The zero-order valence-electron chi connectivity index (χ0n) is 6.90. The number of aliphatic carboxylic acids is 1. The predicted octanol–water partition coefficient (Wildman–Crippen LogP) is 0.543. The minimum Gasteiger partial charge on any atom is -0.481 e. The zero-order valence-corrected chi connectivity index (χ0v) is 7.65. The molecule has 1 rings (SSSR count). The molecule has 0 fully saturated rings. The molecule has 0 radical (unpaired) electrons. The summed E-state index contributed by atoms with van der Waals surface area (Å²) in [6.07, 6.45) is 1.97. The Morgan fingerprint density at radius 3 is 2.50 bits per heavy atom. The van der Waals surface area contributed by atoms with Crippen LogP contribution in [0.3, 0.4) is 0 Å². The van der Waals surface area contributed by atoms with Gasteiger partial charge in [0.15, 0.2) is 0 Å². The minimum atomic E-state index is -1.21. The SMILES string of the molecule is O=C(O)CC(=O)Nc1ncc(Cl)cn1. The number of rotatable bonds is 3. The normalized spacial score (nSPS) is 9.50. The number of anilines is 1. The van der Waals surface area contributed by atoms with E-state index in [4.69, 9.17) is 16.7 Å². The Hall–Kier alpha value is -1.69. The van der Waals surface area contributed by atoms with E-state index in [1.54, 1.807) is 0 Å². The Labute approximate surface area is 83.9 Å². The molecule has 0 aliphatic carbocycles. The summed E-state index contributed by atoms with van der Waals surface area (Å²) in [5.74, 6) is -1.86. The molecular formula is C7H6ClN3O3. The molecule has 1 aromatic heterocycles. The highest BCUT2D eigenvalue weighted by Gasteiger charge is 2.08. The Balaban J connectivity index is 2.56. The molecule has 0 saturated heterocycles. The van der Waals surface area contributed by atoms with E-state index < -0.39 is 18.3 Å². The molecule has 0 unspecified atom stereocenters. The lowest BCUT2D eigenvalue weighted by atomic mass is 10.4. The van der Waals surface area contributed by atoms with E-state index >= 15 is 0 Å². The quantitative estimate of drug-likeness (QED) is 0.718. The summed E-state index contributed by atoms with van der Waals surface area (Å²) in [7, 11) is 0. The van der Waals surface area contributed by atoms with Crippen LogP contribution in [0.15, 0.2) is 12.4 Å². The molecule has 0 spiro atoms. The Kier molecular flexibility index (Phi) is 3.35. The van der Waals surface area contributed by atoms with Gasteiger partial charge in [-0.2, -0.15) is 0 Å². The second-order valence-corrected chi connectivity index (χ2v) is 2.78. The fourth-order valence-corrected chi connectivity index (χ4v) is 0.781. The molecule has 0 bridgehead atoms. The number of halogens is 1. The number of nitrogens with zero attached hydrogens (tertiary/aromatic N) is 2. The van der Waals surface area contributed by atoms with Crippen molar-refractivity contribution in [1.82, 2.24) is 9.97 Å². The predicted molar refractivity (Wildman–Crippen MR) is 47.9 cm³/mol. The van der Waals surface area contributed by atoms with Crippen molar-refractivity contribution in [2.75, 3.05) is 5.32 Å². The maximum absolute atomic E-state index is 10.9. The van der Waals surface area contributed by atoms with E-state index in [1.807, 2.05) is 0 Å². The summed E-state index contributed by atoms with van der Waals surface area (Å²) in [5.41, 5.74) is 0. The summed E-state index contributed by atoms with van der Waals surface area (Å²) in [5, 5.41) is 10.8. The average Bonchev–Trinajstić information content (AvgIpc) is 2.07. The molecule has 2 N–H and O–H groups in total. The molecule has 0 saturated carbocycles. The molecule has 0 atom stereocenters. The van der Waals surface area contributed by atoms with Gasteiger partial charge in [0.05, 0.1) is 17.4 Å². The molecule has 1 amide bonds. The largest absolute Gasteiger partial charge is 0.481 e. The van der Waals surface area contributed by atoms with Crippen LogP contribution in [-0.4, -0.2) is 27.0 Å². The van der Waals surface area contributed by atoms with Crippen LogP contribution >= 0.6 is 11.6 Å². The van der Waals surface area contributed by atoms with Crippen LogP contribution in [0.1, 0.15) is 6.42 Å². The van der Waals surface area contributed by atoms with Crippen LogP contribution in [0.5, 0.6) is 0 Å². The van der Waals surface area contributed by atoms with Crippen molar-refractivity contribution >= 4 is 29.4 Å². The van der Waals surface area contributed by atoms with Gasteiger partial charge >= 0.3 is 5.97 Å². The van der Waals surface area contributed by atoms with Crippen LogP contribution in [0, 0.1) is 0 Å². The highest BCUT2D eigenvalue weighted by molar-refractivity contribution is 6.30. The van der Waals surface area contributed by atoms with Gasteiger partial charge in [-0.1, -0.05) is 11.6 Å². The summed E-state index contributed by atoms with van der Waals surface area (Å²) < 4.78 is 0. The number of nitrogens with one attached hydrogen (secondary N) is 1. The van der Waals surface area contributed by atoms with Crippen LogP contribution < -0.4 is 5.32 Å². The van der Waals surface area contributed by atoms with Crippen molar-refractivity contribution in [3.63, 3.8) is 0 Å². The number of carbonyl (C=O) groups excluding carboxylic acids is 1. The second kappa shape index (κ2) is 4.52. The van der Waals surface area contributed by atoms with Crippen LogP contribution in [0.25, 0.3) is 0 Å². The molecule has 14 heavy (non-hydrogen) atoms. The topological polar surface area (TPSA) is 92.2 Å². The van der Waals surface area contributed by atoms with Gasteiger partial charge in [-0.3, -0.25) is 14.9 Å². The van der Waals surface area contributed by atoms with Crippen LogP contribution in [0.2, 0.25) is 5.02 Å². The number of hydrogen-bond acceptors (Lipinski definition) is 4. The number of amides is 1. The van der Waals surface area contributed by atoms with Crippen LogP contribution in [0.4, 0.5) is 5.95 Å². The number of hydrogen-bond donors (Lipinski definition) is 2. The molecule has 1 heterocycles. The smallest absolute Gasteiger partial charge is 0.312 e. The van der Waals surface area contributed by atoms with E-state index in [0.29, 0.717) is 5.02 Å². The number of carbonyl (C=O) groups is 2. The lowest BCUT2D eigenvalue weighted by Crippen LogP contribution is -2.17. The van der Waals surface area contributed by atoms with Crippen LogP contribution in [-0.2, 0) is 9.59 Å². The average molecular weight is 216 g/mol. The molecule has 1 aromatic rings. The zero-order chi connectivity index (χ0) is 10.6. The third-order valence-corrected chi connectivity index (χ3v) is 1.38. The molecular weight excluding hydrogens is 210 g/mol.